The van der Waals surface area contributed by atoms with Gasteiger partial charge in [0.2, 0.25) is 5.91 Å². The fourth-order valence-corrected chi connectivity index (χ4v) is 4.65. The molecule has 218 valence electrons. The normalized spacial score (nSPS) is 12.7. The minimum atomic E-state index is -0.729. The lowest BCUT2D eigenvalue weighted by atomic mass is 9.96. The number of rotatable bonds is 11. The van der Waals surface area contributed by atoms with Gasteiger partial charge in [0.05, 0.1) is 5.69 Å². The van der Waals surface area contributed by atoms with E-state index in [0.717, 1.165) is 29.5 Å². The monoisotopic (exact) mass is 558 g/mol. The zero-order valence-electron chi connectivity index (χ0n) is 24.9. The summed E-state index contributed by atoms with van der Waals surface area (Å²) in [6.45, 7) is 11.6. The van der Waals surface area contributed by atoms with E-state index in [1.165, 1.54) is 0 Å². The Labute approximate surface area is 243 Å². The van der Waals surface area contributed by atoms with E-state index in [-0.39, 0.29) is 24.2 Å². The van der Waals surface area contributed by atoms with Crippen LogP contribution in [0.1, 0.15) is 71.9 Å². The topological polar surface area (TPSA) is 118 Å². The van der Waals surface area contributed by atoms with Gasteiger partial charge in [0.1, 0.15) is 11.6 Å². The predicted octanol–water partition coefficient (Wildman–Crippen LogP) is 6.40. The van der Waals surface area contributed by atoms with Crippen molar-refractivity contribution in [2.45, 2.75) is 79.0 Å². The summed E-state index contributed by atoms with van der Waals surface area (Å²) in [5, 5.41) is 12.6. The van der Waals surface area contributed by atoms with Crippen molar-refractivity contribution in [3.63, 3.8) is 0 Å². The number of amides is 1. The third kappa shape index (κ3) is 8.39. The van der Waals surface area contributed by atoms with Crippen molar-refractivity contribution in [2.24, 2.45) is 16.8 Å². The van der Waals surface area contributed by atoms with Gasteiger partial charge in [-0.3, -0.25) is 9.78 Å². The number of oxime groups is 1. The van der Waals surface area contributed by atoms with E-state index < -0.39 is 17.6 Å². The first kappa shape index (κ1) is 31.3. The molecule has 0 fully saturated rings. The van der Waals surface area contributed by atoms with Gasteiger partial charge in [-0.1, -0.05) is 74.8 Å². The van der Waals surface area contributed by atoms with Gasteiger partial charge in [-0.15, -0.1) is 0 Å². The highest BCUT2D eigenvalue weighted by atomic mass is 16.6. The van der Waals surface area contributed by atoms with Crippen LogP contribution < -0.4 is 5.73 Å². The summed E-state index contributed by atoms with van der Waals surface area (Å²) in [6.07, 6.45) is 3.66. The van der Waals surface area contributed by atoms with Crippen molar-refractivity contribution in [2.75, 3.05) is 0 Å². The van der Waals surface area contributed by atoms with Crippen LogP contribution in [-0.2, 0) is 20.9 Å². The molecule has 0 saturated carbocycles. The number of amidine groups is 1. The number of ether oxygens (including phenoxy) is 1. The van der Waals surface area contributed by atoms with E-state index in [1.807, 2.05) is 102 Å². The van der Waals surface area contributed by atoms with Crippen molar-refractivity contribution in [3.05, 3.63) is 78.0 Å². The van der Waals surface area contributed by atoms with Crippen LogP contribution in [0.15, 0.2) is 72.0 Å². The third-order valence-electron chi connectivity index (χ3n) is 6.64. The summed E-state index contributed by atoms with van der Waals surface area (Å²) in [6, 6.07) is 18.6. The van der Waals surface area contributed by atoms with Gasteiger partial charge in [0, 0.05) is 30.3 Å². The highest BCUT2D eigenvalue weighted by molar-refractivity contribution is 6.03. The number of benzene rings is 2. The Kier molecular flexibility index (Phi) is 10.6. The maximum atomic E-state index is 13.4. The molecule has 0 saturated heterocycles. The number of nitrogens with zero attached hydrogens (tertiary/aromatic N) is 3. The van der Waals surface area contributed by atoms with Gasteiger partial charge < -0.3 is 20.6 Å². The van der Waals surface area contributed by atoms with E-state index in [0.29, 0.717) is 23.2 Å². The van der Waals surface area contributed by atoms with Gasteiger partial charge in [0.15, 0.2) is 5.84 Å². The van der Waals surface area contributed by atoms with Crippen molar-refractivity contribution >= 4 is 17.7 Å². The second-order valence-corrected chi connectivity index (χ2v) is 11.5. The minimum absolute atomic E-state index is 0.0182. The first-order valence-corrected chi connectivity index (χ1v) is 14.1. The van der Waals surface area contributed by atoms with Crippen LogP contribution >= 0.6 is 0 Å². The summed E-state index contributed by atoms with van der Waals surface area (Å²) < 4.78 is 5.71. The van der Waals surface area contributed by atoms with Crippen LogP contribution in [0.3, 0.4) is 0 Å². The lowest BCUT2D eigenvalue weighted by molar-refractivity contribution is -0.167. The van der Waals surface area contributed by atoms with E-state index in [1.54, 1.807) is 11.1 Å². The average molecular weight is 559 g/mol. The molecule has 0 aliphatic heterocycles. The number of esters is 1. The van der Waals surface area contributed by atoms with E-state index in [9.17, 15) is 14.8 Å². The van der Waals surface area contributed by atoms with Gasteiger partial charge in [0.25, 0.3) is 0 Å². The number of pyridine rings is 1. The zero-order valence-corrected chi connectivity index (χ0v) is 24.9. The summed E-state index contributed by atoms with van der Waals surface area (Å²) in [7, 11) is 0. The molecule has 2 aromatic carbocycles. The predicted molar refractivity (Wildman–Crippen MR) is 162 cm³/mol. The van der Waals surface area contributed by atoms with Crippen LogP contribution in [0.25, 0.3) is 22.4 Å². The molecule has 0 radical (unpaired) electrons. The van der Waals surface area contributed by atoms with Crippen LogP contribution in [-0.4, -0.2) is 44.4 Å². The van der Waals surface area contributed by atoms with Crippen LogP contribution in [0.5, 0.6) is 0 Å². The standard InChI is InChI=1S/C33H42N4O4/c1-7-8-14-29(38)37(30(22(2)3)32(39)41-33(4,5)6)21-23-15-18-28(35-20-23)27-19-25(24-12-10-9-11-13-24)16-17-26(27)31(34)36-40/h9-13,15-20,22,30,40H,7-8,14,21H2,1-6H3,(H2,34,36)/t30-/m0/s1. The minimum Gasteiger partial charge on any atom is -0.458 e. The molecule has 1 amide bonds. The average Bonchev–Trinajstić information content (AvgIpc) is 2.94. The molecular weight excluding hydrogens is 516 g/mol. The quantitative estimate of drug-likeness (QED) is 0.0925. The number of nitrogens with two attached hydrogens (primary N) is 1. The molecule has 0 aliphatic carbocycles. The van der Waals surface area contributed by atoms with Crippen LogP contribution in [0, 0.1) is 5.92 Å². The van der Waals surface area contributed by atoms with Crippen molar-refractivity contribution in [1.82, 2.24) is 9.88 Å². The number of unbranched alkanes of at least 4 members (excludes halogenated alkanes) is 1. The third-order valence-corrected chi connectivity index (χ3v) is 6.64. The van der Waals surface area contributed by atoms with Crippen molar-refractivity contribution < 1.29 is 19.5 Å². The van der Waals surface area contributed by atoms with Gasteiger partial charge >= 0.3 is 5.97 Å². The number of carbonyl (C=O) groups is 2. The van der Waals surface area contributed by atoms with E-state index >= 15 is 0 Å². The molecule has 0 spiro atoms. The van der Waals surface area contributed by atoms with Crippen molar-refractivity contribution in [1.29, 1.82) is 0 Å². The lowest BCUT2D eigenvalue weighted by Crippen LogP contribution is -2.49. The molecule has 0 bridgehead atoms. The maximum absolute atomic E-state index is 13.4. The smallest absolute Gasteiger partial charge is 0.329 e. The Bertz CT molecular complexity index is 1350. The molecule has 1 aromatic heterocycles. The number of aromatic nitrogens is 1. The number of hydrogen-bond acceptors (Lipinski definition) is 6. The Hall–Kier alpha value is -4.20. The molecule has 3 N–H and O–H groups in total. The fraction of sp³-hybridized carbons (Fsp3) is 0.394. The van der Waals surface area contributed by atoms with Gasteiger partial charge in [-0.2, -0.15) is 0 Å². The number of hydrogen-bond donors (Lipinski definition) is 2. The molecule has 3 rings (SSSR count). The SMILES string of the molecule is CCCCC(=O)N(Cc1ccc(-c2cc(-c3ccccc3)ccc2/C(N)=N/O)nc1)[C@H](C(=O)OC(C)(C)C)C(C)C. The fourth-order valence-electron chi connectivity index (χ4n) is 4.65. The second-order valence-electron chi connectivity index (χ2n) is 11.5. The van der Waals surface area contributed by atoms with Crippen LogP contribution in [0.4, 0.5) is 0 Å². The largest absolute Gasteiger partial charge is 0.458 e. The summed E-state index contributed by atoms with van der Waals surface area (Å²) in [5.74, 6) is -0.671. The molecule has 3 aromatic rings. The molecule has 1 heterocycles. The highest BCUT2D eigenvalue weighted by Gasteiger charge is 2.35. The van der Waals surface area contributed by atoms with E-state index in [2.05, 4.69) is 5.16 Å². The molecule has 41 heavy (non-hydrogen) atoms. The molecule has 1 atom stereocenters. The molecular formula is C33H42N4O4. The Morgan fingerprint density at radius 3 is 2.32 bits per heavy atom. The van der Waals surface area contributed by atoms with Gasteiger partial charge in [-0.25, -0.2) is 4.79 Å². The van der Waals surface area contributed by atoms with Crippen molar-refractivity contribution in [3.8, 4) is 22.4 Å². The van der Waals surface area contributed by atoms with E-state index in [4.69, 9.17) is 15.5 Å². The lowest BCUT2D eigenvalue weighted by Gasteiger charge is -2.35. The first-order chi connectivity index (χ1) is 19.4. The molecule has 8 nitrogen and oxygen atoms in total. The Balaban J connectivity index is 1.98. The summed E-state index contributed by atoms with van der Waals surface area (Å²) in [5.41, 5.74) is 9.99. The molecule has 0 unspecified atom stereocenters. The Morgan fingerprint density at radius 2 is 1.76 bits per heavy atom. The summed E-state index contributed by atoms with van der Waals surface area (Å²) >= 11 is 0. The first-order valence-electron chi connectivity index (χ1n) is 14.1. The Morgan fingerprint density at radius 1 is 1.05 bits per heavy atom. The van der Waals surface area contributed by atoms with Crippen LogP contribution in [0.2, 0.25) is 0 Å². The number of carbonyl (C=O) groups excluding carboxylic acids is 2. The highest BCUT2D eigenvalue weighted by Crippen LogP contribution is 2.29. The maximum Gasteiger partial charge on any atom is 0.329 e. The molecule has 8 heteroatoms. The second kappa shape index (κ2) is 13.9. The van der Waals surface area contributed by atoms with Gasteiger partial charge in [-0.05, 0) is 68.0 Å². The summed E-state index contributed by atoms with van der Waals surface area (Å²) in [4.78, 5) is 33.0. The molecule has 0 aliphatic rings. The zero-order chi connectivity index (χ0) is 30.2.